The minimum Gasteiger partial charge on any atom is -0.207 e. The molecule has 0 bridgehead atoms. The maximum absolute atomic E-state index is 13.1. The highest BCUT2D eigenvalue weighted by molar-refractivity contribution is 6.58. The molecule has 146 valence electrons. The van der Waals surface area contributed by atoms with Crippen molar-refractivity contribution in [1.82, 2.24) is 0 Å². The molecule has 0 amide bonds. The van der Waals surface area contributed by atoms with E-state index in [0.717, 1.165) is 11.8 Å². The van der Waals surface area contributed by atoms with Crippen molar-refractivity contribution in [2.24, 2.45) is 11.8 Å². The number of rotatable bonds is 8. The normalized spacial score (nSPS) is 29.6. The van der Waals surface area contributed by atoms with Gasteiger partial charge in [-0.15, -0.1) is 0 Å². The van der Waals surface area contributed by atoms with Gasteiger partial charge in [-0.1, -0.05) is 82.1 Å². The van der Waals surface area contributed by atoms with E-state index in [9.17, 15) is 4.39 Å². The quantitative estimate of drug-likeness (QED) is 0.323. The van der Waals surface area contributed by atoms with Crippen LogP contribution in [-0.2, 0) is 0 Å². The third-order valence-corrected chi connectivity index (χ3v) is 10.9. The summed E-state index contributed by atoms with van der Waals surface area (Å²) in [6, 6.07) is 12.2. The second kappa shape index (κ2) is 10.6. The molecule has 1 aliphatic heterocycles. The van der Waals surface area contributed by atoms with E-state index in [1.807, 2.05) is 12.1 Å². The van der Waals surface area contributed by atoms with E-state index < -0.39 is 0 Å². The zero-order valence-electron chi connectivity index (χ0n) is 16.9. The average Bonchev–Trinajstić information content (AvgIpc) is 2.69. The largest absolute Gasteiger partial charge is 0.207 e. The number of halogens is 1. The minimum atomic E-state index is -0.329. The third-order valence-electron chi connectivity index (χ3n) is 7.35. The summed E-state index contributed by atoms with van der Waals surface area (Å²) in [5.41, 5.74) is 1.36. The van der Waals surface area contributed by atoms with Gasteiger partial charge in [0.05, 0.1) is 0 Å². The molecule has 1 saturated carbocycles. The van der Waals surface area contributed by atoms with Crippen LogP contribution in [0.5, 0.6) is 0 Å². The lowest BCUT2D eigenvalue weighted by molar-refractivity contribution is 0.280. The molecule has 1 aromatic carbocycles. The zero-order valence-corrected chi connectivity index (χ0v) is 18.1. The smallest absolute Gasteiger partial charge is 0.123 e. The predicted molar refractivity (Wildman–Crippen MR) is 114 cm³/mol. The van der Waals surface area contributed by atoms with E-state index in [2.05, 4.69) is 6.92 Å². The zero-order chi connectivity index (χ0) is 18.2. The summed E-state index contributed by atoms with van der Waals surface area (Å²) in [5, 5.41) is 0. The van der Waals surface area contributed by atoms with Gasteiger partial charge in [-0.05, 0) is 61.1 Å². The third kappa shape index (κ3) is 6.22. The number of unbranched alkanes of at least 4 members (excludes halogenated alkanes) is 2. The molecule has 0 radical (unpaired) electrons. The SMILES string of the molecule is CCCCC[Si@H]1CC[C@H](CCC2CCC(c3ccc(F)cc3)CC2)CC1. The van der Waals surface area contributed by atoms with E-state index >= 15 is 0 Å². The minimum absolute atomic E-state index is 0.106. The van der Waals surface area contributed by atoms with Crippen molar-refractivity contribution in [2.75, 3.05) is 0 Å². The Morgan fingerprint density at radius 2 is 1.46 bits per heavy atom. The Balaban J connectivity index is 1.30. The van der Waals surface area contributed by atoms with Crippen molar-refractivity contribution >= 4 is 8.80 Å². The molecular weight excluding hydrogens is 335 g/mol. The first-order valence-electron chi connectivity index (χ1n) is 11.5. The Kier molecular flexibility index (Phi) is 8.23. The molecule has 0 aromatic heterocycles. The molecule has 1 saturated heterocycles. The maximum Gasteiger partial charge on any atom is 0.123 e. The topological polar surface area (TPSA) is 0 Å². The Morgan fingerprint density at radius 1 is 0.846 bits per heavy atom. The van der Waals surface area contributed by atoms with Gasteiger partial charge in [0, 0.05) is 8.80 Å². The summed E-state index contributed by atoms with van der Waals surface area (Å²) in [6.45, 7) is 2.32. The summed E-state index contributed by atoms with van der Waals surface area (Å²) >= 11 is 0. The highest BCUT2D eigenvalue weighted by atomic mass is 28.3. The molecule has 1 aliphatic carbocycles. The molecule has 0 nitrogen and oxygen atoms in total. The summed E-state index contributed by atoms with van der Waals surface area (Å²) in [4.78, 5) is 0. The van der Waals surface area contributed by atoms with Crippen LogP contribution in [-0.4, -0.2) is 8.80 Å². The van der Waals surface area contributed by atoms with Crippen LogP contribution in [0.4, 0.5) is 4.39 Å². The van der Waals surface area contributed by atoms with Gasteiger partial charge in [0.1, 0.15) is 5.82 Å². The Bertz CT molecular complexity index is 495. The molecule has 2 fully saturated rings. The van der Waals surface area contributed by atoms with Crippen LogP contribution in [0.1, 0.15) is 89.0 Å². The van der Waals surface area contributed by atoms with Crippen molar-refractivity contribution in [1.29, 1.82) is 0 Å². The van der Waals surface area contributed by atoms with E-state index in [4.69, 9.17) is 0 Å². The summed E-state index contributed by atoms with van der Waals surface area (Å²) in [5.74, 6) is 2.59. The van der Waals surface area contributed by atoms with Crippen LogP contribution >= 0.6 is 0 Å². The molecule has 0 N–H and O–H groups in total. The Morgan fingerprint density at radius 3 is 2.08 bits per heavy atom. The number of hydrogen-bond acceptors (Lipinski definition) is 0. The molecule has 1 heterocycles. The number of benzene rings is 1. The van der Waals surface area contributed by atoms with Crippen LogP contribution in [0.2, 0.25) is 18.1 Å². The van der Waals surface area contributed by atoms with Crippen molar-refractivity contribution in [3.8, 4) is 0 Å². The van der Waals surface area contributed by atoms with E-state index in [-0.39, 0.29) is 14.6 Å². The van der Waals surface area contributed by atoms with Gasteiger partial charge in [0.2, 0.25) is 0 Å². The van der Waals surface area contributed by atoms with Crippen LogP contribution in [0.3, 0.4) is 0 Å². The highest BCUT2D eigenvalue weighted by Crippen LogP contribution is 2.39. The summed E-state index contributed by atoms with van der Waals surface area (Å²) in [7, 11) is -0.329. The molecular formula is C24H39FSi. The lowest BCUT2D eigenvalue weighted by Crippen LogP contribution is -2.22. The average molecular weight is 375 g/mol. The summed E-state index contributed by atoms with van der Waals surface area (Å²) < 4.78 is 13.1. The molecule has 2 aliphatic rings. The second-order valence-corrected chi connectivity index (χ2v) is 12.7. The summed E-state index contributed by atoms with van der Waals surface area (Å²) in [6.07, 6.45) is 15.9. The van der Waals surface area contributed by atoms with Gasteiger partial charge < -0.3 is 0 Å². The van der Waals surface area contributed by atoms with Crippen molar-refractivity contribution in [3.05, 3.63) is 35.6 Å². The first-order valence-corrected chi connectivity index (χ1v) is 13.9. The standard InChI is InChI=1S/C24H39FSi/c1-2-3-4-17-26-18-15-21(16-19-26)6-5-20-7-9-22(10-8-20)23-11-13-24(25)14-12-23/h11-14,20-22,26H,2-10,15-19H2,1H3/t20?,21-,22?,26-. The fraction of sp³-hybridized carbons (Fsp3) is 0.750. The monoisotopic (exact) mass is 374 g/mol. The van der Waals surface area contributed by atoms with Crippen molar-refractivity contribution in [3.63, 3.8) is 0 Å². The van der Waals surface area contributed by atoms with Crippen molar-refractivity contribution < 1.29 is 4.39 Å². The molecule has 26 heavy (non-hydrogen) atoms. The Labute approximate surface area is 162 Å². The lowest BCUT2D eigenvalue weighted by atomic mass is 9.76. The fourth-order valence-corrected chi connectivity index (χ4v) is 9.10. The molecule has 0 spiro atoms. The lowest BCUT2D eigenvalue weighted by Gasteiger charge is -2.32. The molecule has 2 heteroatoms. The van der Waals surface area contributed by atoms with Gasteiger partial charge >= 0.3 is 0 Å². The first-order chi connectivity index (χ1) is 12.7. The van der Waals surface area contributed by atoms with Gasteiger partial charge in [-0.2, -0.15) is 0 Å². The second-order valence-electron chi connectivity index (χ2n) is 9.23. The van der Waals surface area contributed by atoms with Crippen molar-refractivity contribution in [2.45, 2.75) is 102 Å². The fourth-order valence-electron chi connectivity index (χ4n) is 5.48. The first kappa shape index (κ1) is 20.1. The van der Waals surface area contributed by atoms with Gasteiger partial charge in [-0.3, -0.25) is 0 Å². The van der Waals surface area contributed by atoms with Crippen LogP contribution in [0.25, 0.3) is 0 Å². The maximum atomic E-state index is 13.1. The van der Waals surface area contributed by atoms with Crippen LogP contribution in [0, 0.1) is 17.7 Å². The molecule has 0 unspecified atom stereocenters. The molecule has 3 rings (SSSR count). The van der Waals surface area contributed by atoms with E-state index in [0.29, 0.717) is 5.92 Å². The Hall–Kier alpha value is -0.633. The van der Waals surface area contributed by atoms with Gasteiger partial charge in [0.15, 0.2) is 0 Å². The van der Waals surface area contributed by atoms with E-state index in [1.54, 1.807) is 43.1 Å². The van der Waals surface area contributed by atoms with Gasteiger partial charge in [0.25, 0.3) is 0 Å². The van der Waals surface area contributed by atoms with Crippen LogP contribution < -0.4 is 0 Å². The number of hydrogen-bond donors (Lipinski definition) is 0. The molecule has 1 aromatic rings. The van der Waals surface area contributed by atoms with Gasteiger partial charge in [-0.25, -0.2) is 4.39 Å². The molecule has 0 atom stereocenters. The van der Waals surface area contributed by atoms with E-state index in [1.165, 1.54) is 63.4 Å². The van der Waals surface area contributed by atoms with Crippen LogP contribution in [0.15, 0.2) is 24.3 Å². The highest BCUT2D eigenvalue weighted by Gasteiger charge is 2.25. The predicted octanol–water partition coefficient (Wildman–Crippen LogP) is 7.71.